The van der Waals surface area contributed by atoms with E-state index in [0.717, 1.165) is 32.5 Å². The van der Waals surface area contributed by atoms with Gasteiger partial charge in [0.2, 0.25) is 5.91 Å². The average molecular weight is 308 g/mol. The topological polar surface area (TPSA) is 41.6 Å². The number of hydrogen-bond acceptors (Lipinski definition) is 4. The average Bonchev–Trinajstić information content (AvgIpc) is 3.04. The lowest BCUT2D eigenvalue weighted by atomic mass is 9.83. The van der Waals surface area contributed by atoms with E-state index in [4.69, 9.17) is 4.74 Å². The number of rotatable bonds is 4. The van der Waals surface area contributed by atoms with Gasteiger partial charge < -0.3 is 15.0 Å². The number of piperidine rings is 1. The summed E-state index contributed by atoms with van der Waals surface area (Å²) in [7, 11) is 0. The number of ether oxygens (including phenoxy) is 1. The van der Waals surface area contributed by atoms with E-state index in [2.05, 4.69) is 23.2 Å². The van der Waals surface area contributed by atoms with E-state index in [1.807, 2.05) is 11.4 Å². The molecule has 0 saturated carbocycles. The zero-order valence-electron chi connectivity index (χ0n) is 12.6. The van der Waals surface area contributed by atoms with Crippen molar-refractivity contribution < 1.29 is 9.53 Å². The lowest BCUT2D eigenvalue weighted by Crippen LogP contribution is -2.50. The quantitative estimate of drug-likeness (QED) is 0.926. The molecule has 4 nitrogen and oxygen atoms in total. The molecule has 1 N–H and O–H groups in total. The van der Waals surface area contributed by atoms with E-state index >= 15 is 0 Å². The second kappa shape index (κ2) is 6.90. The summed E-state index contributed by atoms with van der Waals surface area (Å²) in [5.74, 6) is 0.684. The van der Waals surface area contributed by atoms with Crippen LogP contribution in [0, 0.1) is 11.8 Å². The predicted molar refractivity (Wildman–Crippen MR) is 84.2 cm³/mol. The fourth-order valence-electron chi connectivity index (χ4n) is 3.41. The van der Waals surface area contributed by atoms with Gasteiger partial charge in [-0.3, -0.25) is 4.79 Å². The van der Waals surface area contributed by atoms with Crippen LogP contribution >= 0.6 is 11.3 Å². The molecule has 2 aliphatic heterocycles. The molecule has 0 bridgehead atoms. The van der Waals surface area contributed by atoms with E-state index in [0.29, 0.717) is 25.2 Å². The molecule has 21 heavy (non-hydrogen) atoms. The van der Waals surface area contributed by atoms with E-state index in [1.54, 1.807) is 11.3 Å². The molecule has 3 atom stereocenters. The zero-order valence-corrected chi connectivity index (χ0v) is 13.4. The van der Waals surface area contributed by atoms with Gasteiger partial charge in [0.05, 0.1) is 25.2 Å². The van der Waals surface area contributed by atoms with E-state index in [1.165, 1.54) is 4.88 Å². The molecule has 0 spiro atoms. The molecule has 0 unspecified atom stereocenters. The van der Waals surface area contributed by atoms with Crippen LogP contribution in [0.5, 0.6) is 0 Å². The number of carbonyl (C=O) groups excluding carboxylic acids is 1. The van der Waals surface area contributed by atoms with Crippen molar-refractivity contribution in [3.63, 3.8) is 0 Å². The van der Waals surface area contributed by atoms with Gasteiger partial charge in [0, 0.05) is 18.0 Å². The molecule has 2 aliphatic rings. The normalized spacial score (nSPS) is 29.9. The Morgan fingerprint density at radius 3 is 3.24 bits per heavy atom. The number of nitrogens with zero attached hydrogens (tertiary/aromatic N) is 1. The van der Waals surface area contributed by atoms with Gasteiger partial charge in [-0.05, 0) is 36.8 Å². The fraction of sp³-hybridized carbons (Fsp3) is 0.688. The van der Waals surface area contributed by atoms with Crippen molar-refractivity contribution in [2.24, 2.45) is 11.8 Å². The van der Waals surface area contributed by atoms with Crippen molar-refractivity contribution in [2.45, 2.75) is 32.4 Å². The maximum Gasteiger partial charge on any atom is 0.225 e. The third kappa shape index (κ3) is 3.65. The van der Waals surface area contributed by atoms with Gasteiger partial charge in [0.25, 0.3) is 0 Å². The first-order valence-corrected chi connectivity index (χ1v) is 8.78. The number of likely N-dealkylation sites (tertiary alicyclic amines) is 1. The molecule has 0 aliphatic carbocycles. The largest absolute Gasteiger partial charge is 0.377 e. The lowest BCUT2D eigenvalue weighted by molar-refractivity contribution is -0.139. The first-order chi connectivity index (χ1) is 10.3. The first-order valence-electron chi connectivity index (χ1n) is 7.90. The number of thiophene rings is 1. The summed E-state index contributed by atoms with van der Waals surface area (Å²) in [5.41, 5.74) is 0. The summed E-state index contributed by atoms with van der Waals surface area (Å²) >= 11 is 1.68. The Balaban J connectivity index is 1.51. The van der Waals surface area contributed by atoms with Gasteiger partial charge in [-0.25, -0.2) is 0 Å². The number of hydrogen-bond donors (Lipinski definition) is 1. The minimum Gasteiger partial charge on any atom is -0.377 e. The molecular formula is C16H24N2O2S. The molecule has 3 rings (SSSR count). The van der Waals surface area contributed by atoms with Crippen molar-refractivity contribution in [3.05, 3.63) is 22.4 Å². The molecule has 1 amide bonds. The molecular weight excluding hydrogens is 284 g/mol. The Labute approximate surface area is 130 Å². The van der Waals surface area contributed by atoms with Crippen LogP contribution in [0.25, 0.3) is 0 Å². The van der Waals surface area contributed by atoms with Crippen LogP contribution in [0.3, 0.4) is 0 Å². The van der Waals surface area contributed by atoms with Gasteiger partial charge in [-0.1, -0.05) is 13.0 Å². The van der Waals surface area contributed by atoms with Crippen LogP contribution in [0.2, 0.25) is 0 Å². The molecule has 2 saturated heterocycles. The highest BCUT2D eigenvalue weighted by atomic mass is 32.1. The molecule has 1 aromatic heterocycles. The molecule has 1 aromatic rings. The number of fused-ring (bicyclic) bond motifs is 1. The SMILES string of the molecule is CCN1CC[C@@H]2OC[C@H](C(=O)NCc3cccs3)C[C@@H]2C1. The van der Waals surface area contributed by atoms with Gasteiger partial charge in [-0.15, -0.1) is 11.3 Å². The summed E-state index contributed by atoms with van der Waals surface area (Å²) in [4.78, 5) is 16.0. The van der Waals surface area contributed by atoms with Crippen LogP contribution in [-0.4, -0.2) is 43.2 Å². The third-order valence-corrected chi connectivity index (χ3v) is 5.56. The Morgan fingerprint density at radius 2 is 2.48 bits per heavy atom. The highest BCUT2D eigenvalue weighted by Crippen LogP contribution is 2.31. The van der Waals surface area contributed by atoms with Crippen LogP contribution < -0.4 is 5.32 Å². The van der Waals surface area contributed by atoms with E-state index in [9.17, 15) is 4.79 Å². The predicted octanol–water partition coefficient (Wildman–Crippen LogP) is 2.11. The summed E-state index contributed by atoms with van der Waals surface area (Å²) < 4.78 is 5.96. The Morgan fingerprint density at radius 1 is 1.57 bits per heavy atom. The van der Waals surface area contributed by atoms with Crippen molar-refractivity contribution in [2.75, 3.05) is 26.2 Å². The second-order valence-electron chi connectivity index (χ2n) is 6.04. The Bertz CT molecular complexity index is 463. The smallest absolute Gasteiger partial charge is 0.225 e. The molecule has 3 heterocycles. The van der Waals surface area contributed by atoms with Gasteiger partial charge in [0.15, 0.2) is 0 Å². The molecule has 0 aromatic carbocycles. The highest BCUT2D eigenvalue weighted by molar-refractivity contribution is 7.09. The van der Waals surface area contributed by atoms with Gasteiger partial charge in [0.1, 0.15) is 0 Å². The van der Waals surface area contributed by atoms with Gasteiger partial charge in [-0.2, -0.15) is 0 Å². The zero-order chi connectivity index (χ0) is 14.7. The standard InChI is InChI=1S/C16H24N2O2S/c1-2-18-6-5-15-12(10-18)8-13(11-20-15)16(19)17-9-14-4-3-7-21-14/h3-4,7,12-13,15H,2,5-6,8-11H2,1H3,(H,17,19)/t12-,13-,15+/m1/s1. The monoisotopic (exact) mass is 308 g/mol. The van der Waals surface area contributed by atoms with Crippen molar-refractivity contribution in [1.29, 1.82) is 0 Å². The minimum absolute atomic E-state index is 0.0167. The number of amides is 1. The van der Waals surface area contributed by atoms with Gasteiger partial charge >= 0.3 is 0 Å². The third-order valence-electron chi connectivity index (χ3n) is 4.68. The first kappa shape index (κ1) is 15.0. The van der Waals surface area contributed by atoms with Crippen LogP contribution in [0.1, 0.15) is 24.6 Å². The Kier molecular flexibility index (Phi) is 4.93. The van der Waals surface area contributed by atoms with Crippen LogP contribution in [0.15, 0.2) is 17.5 Å². The van der Waals surface area contributed by atoms with Crippen LogP contribution in [0.4, 0.5) is 0 Å². The lowest BCUT2D eigenvalue weighted by Gasteiger charge is -2.42. The summed E-state index contributed by atoms with van der Waals surface area (Å²) in [6, 6.07) is 4.07. The molecule has 5 heteroatoms. The summed E-state index contributed by atoms with van der Waals surface area (Å²) in [6.45, 7) is 6.74. The fourth-order valence-corrected chi connectivity index (χ4v) is 4.05. The summed E-state index contributed by atoms with van der Waals surface area (Å²) in [6.07, 6.45) is 2.45. The van der Waals surface area contributed by atoms with Crippen molar-refractivity contribution in [1.82, 2.24) is 10.2 Å². The minimum atomic E-state index is 0.0167. The maximum absolute atomic E-state index is 12.3. The number of carbonyl (C=O) groups is 1. The molecule has 2 fully saturated rings. The summed E-state index contributed by atoms with van der Waals surface area (Å²) in [5, 5.41) is 5.09. The van der Waals surface area contributed by atoms with Crippen LogP contribution in [-0.2, 0) is 16.1 Å². The van der Waals surface area contributed by atoms with Crippen molar-refractivity contribution >= 4 is 17.2 Å². The van der Waals surface area contributed by atoms with E-state index < -0.39 is 0 Å². The highest BCUT2D eigenvalue weighted by Gasteiger charge is 2.37. The van der Waals surface area contributed by atoms with E-state index in [-0.39, 0.29) is 11.8 Å². The molecule has 116 valence electrons. The molecule has 0 radical (unpaired) electrons. The second-order valence-corrected chi connectivity index (χ2v) is 7.08. The maximum atomic E-state index is 12.3. The Hall–Kier alpha value is -0.910. The van der Waals surface area contributed by atoms with Crippen molar-refractivity contribution in [3.8, 4) is 0 Å². The number of nitrogens with one attached hydrogen (secondary N) is 1.